The van der Waals surface area contributed by atoms with Gasteiger partial charge in [0.1, 0.15) is 5.78 Å². The molecule has 0 amide bonds. The van der Waals surface area contributed by atoms with Crippen LogP contribution in [-0.2, 0) is 9.59 Å². The maximum absolute atomic E-state index is 11.3. The highest BCUT2D eigenvalue weighted by atomic mass is 16.4. The molecule has 0 fully saturated rings. The van der Waals surface area contributed by atoms with Crippen LogP contribution in [0.15, 0.2) is 0 Å². The highest BCUT2D eigenvalue weighted by Crippen LogP contribution is 2.36. The number of carboxylic acids is 1. The molecule has 1 atom stereocenters. The molecule has 3 nitrogen and oxygen atoms in total. The van der Waals surface area contributed by atoms with Gasteiger partial charge >= 0.3 is 0 Å². The van der Waals surface area contributed by atoms with Crippen molar-refractivity contribution in [2.45, 2.75) is 54.9 Å². The fourth-order valence-electron chi connectivity index (χ4n) is 1.44. The van der Waals surface area contributed by atoms with E-state index in [2.05, 4.69) is 0 Å². The Morgan fingerprint density at radius 1 is 1.20 bits per heavy atom. The van der Waals surface area contributed by atoms with Crippen LogP contribution in [0.2, 0.25) is 0 Å². The topological polar surface area (TPSA) is 57.2 Å². The number of carboxylic acid groups (broad SMARTS) is 1. The molecule has 0 spiro atoms. The Morgan fingerprint density at radius 3 is 1.80 bits per heavy atom. The second-order valence-electron chi connectivity index (χ2n) is 4.82. The van der Waals surface area contributed by atoms with Gasteiger partial charge in [0.15, 0.2) is 0 Å². The zero-order valence-corrected chi connectivity index (χ0v) is 9.64. The maximum atomic E-state index is 11.3. The molecular formula is C12H23O3-. The summed E-state index contributed by atoms with van der Waals surface area (Å²) in [6, 6.07) is 0. The van der Waals surface area contributed by atoms with Gasteiger partial charge in [-0.1, -0.05) is 35.1 Å². The number of hydrogen-bond acceptors (Lipinski definition) is 3. The van der Waals surface area contributed by atoms with Crippen molar-refractivity contribution in [1.82, 2.24) is 0 Å². The number of aliphatic carboxylic acids is 1. The SMILES string of the molecule is C.CCC(C)(CC(C)(C)C(C)=O)C(=O)[O-]. The summed E-state index contributed by atoms with van der Waals surface area (Å²) in [6.07, 6.45) is 0.806. The van der Waals surface area contributed by atoms with Gasteiger partial charge in [0.25, 0.3) is 0 Å². The van der Waals surface area contributed by atoms with Gasteiger partial charge in [-0.15, -0.1) is 0 Å². The Balaban J connectivity index is 0. The largest absolute Gasteiger partial charge is 0.550 e. The number of hydrogen-bond donors (Lipinski definition) is 0. The predicted molar refractivity (Wildman–Crippen MR) is 59.2 cm³/mol. The first-order valence-electron chi connectivity index (χ1n) is 4.88. The third-order valence-corrected chi connectivity index (χ3v) is 3.06. The van der Waals surface area contributed by atoms with E-state index in [4.69, 9.17) is 0 Å². The molecule has 0 N–H and O–H groups in total. The molecule has 0 aromatic rings. The Kier molecular flexibility index (Phi) is 5.84. The van der Waals surface area contributed by atoms with Crippen LogP contribution in [0.25, 0.3) is 0 Å². The molecule has 0 heterocycles. The predicted octanol–water partition coefficient (Wildman–Crippen LogP) is 1.79. The second kappa shape index (κ2) is 5.29. The van der Waals surface area contributed by atoms with Gasteiger partial charge in [-0.05, 0) is 19.8 Å². The molecule has 0 aromatic carbocycles. The number of rotatable bonds is 5. The lowest BCUT2D eigenvalue weighted by molar-refractivity contribution is -0.319. The third-order valence-electron chi connectivity index (χ3n) is 3.06. The van der Waals surface area contributed by atoms with Gasteiger partial charge < -0.3 is 9.90 Å². The molecule has 90 valence electrons. The molecule has 0 rings (SSSR count). The van der Waals surface area contributed by atoms with Gasteiger partial charge in [-0.2, -0.15) is 0 Å². The number of ketones is 1. The Hall–Kier alpha value is -0.860. The average Bonchev–Trinajstić information content (AvgIpc) is 2.02. The molecular weight excluding hydrogens is 192 g/mol. The van der Waals surface area contributed by atoms with Crippen molar-refractivity contribution in [3.8, 4) is 0 Å². The van der Waals surface area contributed by atoms with Gasteiger partial charge in [0.2, 0.25) is 0 Å². The lowest BCUT2D eigenvalue weighted by Crippen LogP contribution is -2.43. The highest BCUT2D eigenvalue weighted by Gasteiger charge is 2.35. The van der Waals surface area contributed by atoms with E-state index < -0.39 is 16.8 Å². The van der Waals surface area contributed by atoms with E-state index in [0.29, 0.717) is 12.8 Å². The van der Waals surface area contributed by atoms with Crippen LogP contribution < -0.4 is 5.11 Å². The van der Waals surface area contributed by atoms with E-state index in [1.807, 2.05) is 0 Å². The molecule has 0 saturated carbocycles. The van der Waals surface area contributed by atoms with Gasteiger partial charge in [-0.3, -0.25) is 4.79 Å². The molecule has 0 aromatic heterocycles. The lowest BCUT2D eigenvalue weighted by Gasteiger charge is -2.36. The van der Waals surface area contributed by atoms with Crippen molar-refractivity contribution < 1.29 is 14.7 Å². The van der Waals surface area contributed by atoms with E-state index in [9.17, 15) is 14.7 Å². The van der Waals surface area contributed by atoms with E-state index in [-0.39, 0.29) is 13.2 Å². The number of carbonyl (C=O) groups excluding carboxylic acids is 2. The minimum absolute atomic E-state index is 0. The zero-order chi connectivity index (χ0) is 11.6. The molecule has 0 bridgehead atoms. The molecule has 15 heavy (non-hydrogen) atoms. The summed E-state index contributed by atoms with van der Waals surface area (Å²) in [4.78, 5) is 22.2. The first-order chi connectivity index (χ1) is 6.15. The first-order valence-corrected chi connectivity index (χ1v) is 4.88. The molecule has 0 saturated heterocycles. The van der Waals surface area contributed by atoms with Crippen molar-refractivity contribution in [2.75, 3.05) is 0 Å². The zero-order valence-electron chi connectivity index (χ0n) is 9.64. The van der Waals surface area contributed by atoms with Gasteiger partial charge in [-0.25, -0.2) is 0 Å². The summed E-state index contributed by atoms with van der Waals surface area (Å²) in [5.74, 6) is -1.06. The third kappa shape index (κ3) is 4.02. The minimum Gasteiger partial charge on any atom is -0.550 e. The van der Waals surface area contributed by atoms with E-state index in [1.165, 1.54) is 6.92 Å². The average molecular weight is 215 g/mol. The molecule has 1 unspecified atom stereocenters. The van der Waals surface area contributed by atoms with Crippen molar-refractivity contribution >= 4 is 11.8 Å². The van der Waals surface area contributed by atoms with Crippen LogP contribution in [0.5, 0.6) is 0 Å². The standard InChI is InChI=1S/C11H20O3.CH4/c1-6-11(5,9(13)14)7-10(3,4)8(2)12;/h6-7H2,1-5H3,(H,13,14);1H4/p-1. The molecule has 0 aliphatic rings. The lowest BCUT2D eigenvalue weighted by atomic mass is 9.71. The van der Waals surface area contributed by atoms with Gasteiger partial charge in [0, 0.05) is 16.8 Å². The Morgan fingerprint density at radius 2 is 1.60 bits per heavy atom. The summed E-state index contributed by atoms with van der Waals surface area (Å²) >= 11 is 0. The quantitative estimate of drug-likeness (QED) is 0.702. The Bertz CT molecular complexity index is 243. The number of Topliss-reactive ketones (excluding diaryl/α,β-unsaturated/α-hetero) is 1. The van der Waals surface area contributed by atoms with Gasteiger partial charge in [0.05, 0.1) is 0 Å². The second-order valence-corrected chi connectivity index (χ2v) is 4.82. The number of carbonyl (C=O) groups is 2. The van der Waals surface area contributed by atoms with Crippen LogP contribution in [0.4, 0.5) is 0 Å². The minimum atomic E-state index is -1.07. The normalized spacial score (nSPS) is 15.0. The smallest absolute Gasteiger partial charge is 0.135 e. The fraction of sp³-hybridized carbons (Fsp3) is 0.833. The van der Waals surface area contributed by atoms with Crippen molar-refractivity contribution in [3.63, 3.8) is 0 Å². The van der Waals surface area contributed by atoms with Crippen LogP contribution in [0.3, 0.4) is 0 Å². The van der Waals surface area contributed by atoms with Crippen LogP contribution in [0.1, 0.15) is 54.9 Å². The van der Waals surface area contributed by atoms with Crippen LogP contribution in [0, 0.1) is 10.8 Å². The molecule has 3 heteroatoms. The summed E-state index contributed by atoms with van der Waals surface area (Å²) in [5.41, 5.74) is -1.50. The van der Waals surface area contributed by atoms with Crippen LogP contribution in [-0.4, -0.2) is 11.8 Å². The first kappa shape index (κ1) is 16.6. The van der Waals surface area contributed by atoms with Crippen molar-refractivity contribution in [3.05, 3.63) is 0 Å². The van der Waals surface area contributed by atoms with Crippen molar-refractivity contribution in [1.29, 1.82) is 0 Å². The maximum Gasteiger partial charge on any atom is 0.135 e. The Labute approximate surface area is 92.9 Å². The summed E-state index contributed by atoms with van der Waals surface area (Å²) in [5, 5.41) is 10.9. The molecule has 0 radical (unpaired) electrons. The molecule has 0 aliphatic carbocycles. The van der Waals surface area contributed by atoms with Crippen molar-refractivity contribution in [2.24, 2.45) is 10.8 Å². The summed E-state index contributed by atoms with van der Waals surface area (Å²) in [6.45, 7) is 8.46. The highest BCUT2D eigenvalue weighted by molar-refractivity contribution is 5.82. The van der Waals surface area contributed by atoms with Crippen LogP contribution >= 0.6 is 0 Å². The monoisotopic (exact) mass is 215 g/mol. The van der Waals surface area contributed by atoms with E-state index in [1.54, 1.807) is 27.7 Å². The van der Waals surface area contributed by atoms with E-state index in [0.717, 1.165) is 0 Å². The summed E-state index contributed by atoms with van der Waals surface area (Å²) < 4.78 is 0. The summed E-state index contributed by atoms with van der Waals surface area (Å²) in [7, 11) is 0. The fourth-order valence-corrected chi connectivity index (χ4v) is 1.44. The molecule has 0 aliphatic heterocycles. The van der Waals surface area contributed by atoms with E-state index >= 15 is 0 Å².